The summed E-state index contributed by atoms with van der Waals surface area (Å²) in [7, 11) is 0. The van der Waals surface area contributed by atoms with Crippen molar-refractivity contribution < 1.29 is 4.39 Å². The highest BCUT2D eigenvalue weighted by molar-refractivity contribution is 5.33. The molecule has 15 heavy (non-hydrogen) atoms. The summed E-state index contributed by atoms with van der Waals surface area (Å²) in [5.74, 6) is -0.451. The number of halogens is 1. The van der Waals surface area contributed by atoms with Gasteiger partial charge in [0, 0.05) is 0 Å². The highest BCUT2D eigenvalue weighted by atomic mass is 19.1. The Morgan fingerprint density at radius 3 is 2.07 bits per heavy atom. The standard InChI is InChI=1S/C8H6FN.C3H8.C2H6/c1-6-2-3-8(9)7(4-6)5-10;1-3-2;1-2/h2-4H,1H3;3H2,1-2H3;1-2H3. The molecule has 0 atom stereocenters. The number of aryl methyl sites for hydroxylation is 1. The van der Waals surface area contributed by atoms with Crippen LogP contribution in [0.5, 0.6) is 0 Å². The summed E-state index contributed by atoms with van der Waals surface area (Å²) in [5.41, 5.74) is 1.01. The molecule has 1 aromatic rings. The molecule has 0 bridgehead atoms. The molecule has 0 saturated heterocycles. The van der Waals surface area contributed by atoms with Gasteiger partial charge >= 0.3 is 0 Å². The average Bonchev–Trinajstić information content (AvgIpc) is 2.26. The first kappa shape index (κ1) is 16.1. The van der Waals surface area contributed by atoms with Crippen molar-refractivity contribution in [2.24, 2.45) is 0 Å². The second-order valence-electron chi connectivity index (χ2n) is 2.80. The fourth-order valence-corrected chi connectivity index (χ4v) is 0.725. The normalized spacial score (nSPS) is 7.53. The maximum absolute atomic E-state index is 12.5. The van der Waals surface area contributed by atoms with E-state index in [2.05, 4.69) is 13.8 Å². The van der Waals surface area contributed by atoms with Crippen LogP contribution in [0.4, 0.5) is 4.39 Å². The van der Waals surface area contributed by atoms with Crippen molar-refractivity contribution in [3.05, 3.63) is 35.1 Å². The minimum atomic E-state index is -0.451. The third-order valence-electron chi connectivity index (χ3n) is 1.24. The maximum Gasteiger partial charge on any atom is 0.140 e. The summed E-state index contributed by atoms with van der Waals surface area (Å²) in [6.07, 6.45) is 1.25. The Morgan fingerprint density at radius 1 is 1.27 bits per heavy atom. The van der Waals surface area contributed by atoms with Gasteiger partial charge in [-0.2, -0.15) is 5.26 Å². The molecule has 0 radical (unpaired) electrons. The molecule has 0 N–H and O–H groups in total. The second-order valence-corrected chi connectivity index (χ2v) is 2.80. The second kappa shape index (κ2) is 10.7. The van der Waals surface area contributed by atoms with Gasteiger partial charge in [0.15, 0.2) is 0 Å². The monoisotopic (exact) mass is 209 g/mol. The summed E-state index contributed by atoms with van der Waals surface area (Å²) >= 11 is 0. The number of nitrogens with zero attached hydrogens (tertiary/aromatic N) is 1. The van der Waals surface area contributed by atoms with Crippen molar-refractivity contribution in [3.8, 4) is 6.07 Å². The zero-order chi connectivity index (χ0) is 12.3. The van der Waals surface area contributed by atoms with Gasteiger partial charge < -0.3 is 0 Å². The van der Waals surface area contributed by atoms with E-state index in [0.29, 0.717) is 0 Å². The lowest BCUT2D eigenvalue weighted by Gasteiger charge is -1.92. The lowest BCUT2D eigenvalue weighted by atomic mass is 10.1. The first-order chi connectivity index (χ1) is 7.15. The molecule has 1 aromatic carbocycles. The van der Waals surface area contributed by atoms with Gasteiger partial charge in [-0.1, -0.05) is 40.2 Å². The van der Waals surface area contributed by atoms with Crippen LogP contribution < -0.4 is 0 Å². The van der Waals surface area contributed by atoms with Crippen LogP contribution in [0.25, 0.3) is 0 Å². The van der Waals surface area contributed by atoms with Crippen LogP contribution in [-0.4, -0.2) is 0 Å². The highest BCUT2D eigenvalue weighted by Crippen LogP contribution is 2.07. The Morgan fingerprint density at radius 2 is 1.73 bits per heavy atom. The Hall–Kier alpha value is -1.36. The first-order valence-electron chi connectivity index (χ1n) is 5.31. The average molecular weight is 209 g/mol. The van der Waals surface area contributed by atoms with E-state index >= 15 is 0 Å². The van der Waals surface area contributed by atoms with Crippen molar-refractivity contribution in [1.82, 2.24) is 0 Å². The Kier molecular flexibility index (Phi) is 11.5. The Labute approximate surface area is 92.6 Å². The van der Waals surface area contributed by atoms with Gasteiger partial charge in [0.1, 0.15) is 11.9 Å². The van der Waals surface area contributed by atoms with E-state index in [1.807, 2.05) is 20.8 Å². The smallest absolute Gasteiger partial charge is 0.140 e. The predicted octanol–water partition coefficient (Wildman–Crippen LogP) is 4.45. The van der Waals surface area contributed by atoms with Crippen LogP contribution in [0, 0.1) is 24.1 Å². The van der Waals surface area contributed by atoms with Gasteiger partial charge in [0.25, 0.3) is 0 Å². The van der Waals surface area contributed by atoms with E-state index in [-0.39, 0.29) is 5.56 Å². The lowest BCUT2D eigenvalue weighted by Crippen LogP contribution is -1.83. The molecule has 0 saturated carbocycles. The van der Waals surface area contributed by atoms with Gasteiger partial charge in [-0.3, -0.25) is 0 Å². The van der Waals surface area contributed by atoms with Crippen LogP contribution in [0.15, 0.2) is 18.2 Å². The van der Waals surface area contributed by atoms with Crippen LogP contribution >= 0.6 is 0 Å². The van der Waals surface area contributed by atoms with Gasteiger partial charge in [-0.15, -0.1) is 0 Å². The summed E-state index contributed by atoms with van der Waals surface area (Å²) < 4.78 is 12.5. The molecule has 0 amide bonds. The molecule has 0 fully saturated rings. The molecular formula is C13H20FN. The third kappa shape index (κ3) is 7.69. The number of rotatable bonds is 0. The quantitative estimate of drug-likeness (QED) is 0.619. The maximum atomic E-state index is 12.5. The molecule has 0 aromatic heterocycles. The first-order valence-corrected chi connectivity index (χ1v) is 5.31. The minimum Gasteiger partial charge on any atom is -0.206 e. The number of nitriles is 1. The zero-order valence-corrected chi connectivity index (χ0v) is 10.3. The van der Waals surface area contributed by atoms with E-state index in [0.717, 1.165) is 5.56 Å². The van der Waals surface area contributed by atoms with E-state index in [1.54, 1.807) is 12.1 Å². The third-order valence-corrected chi connectivity index (χ3v) is 1.24. The van der Waals surface area contributed by atoms with Gasteiger partial charge in [-0.25, -0.2) is 4.39 Å². The molecule has 1 nitrogen and oxygen atoms in total. The summed E-state index contributed by atoms with van der Waals surface area (Å²) in [5, 5.41) is 8.35. The molecule has 0 aliphatic carbocycles. The van der Waals surface area contributed by atoms with Crippen molar-refractivity contribution in [2.75, 3.05) is 0 Å². The Bertz CT molecular complexity index is 300. The molecular weight excluding hydrogens is 189 g/mol. The largest absolute Gasteiger partial charge is 0.206 e. The van der Waals surface area contributed by atoms with E-state index < -0.39 is 5.82 Å². The highest BCUT2D eigenvalue weighted by Gasteiger charge is 1.98. The van der Waals surface area contributed by atoms with Crippen LogP contribution in [0.2, 0.25) is 0 Å². The number of hydrogen-bond donors (Lipinski definition) is 0. The van der Waals surface area contributed by atoms with Crippen molar-refractivity contribution in [2.45, 2.75) is 41.0 Å². The number of benzene rings is 1. The lowest BCUT2D eigenvalue weighted by molar-refractivity contribution is 0.623. The van der Waals surface area contributed by atoms with Gasteiger partial charge in [0.05, 0.1) is 5.56 Å². The van der Waals surface area contributed by atoms with E-state index in [4.69, 9.17) is 5.26 Å². The fourth-order valence-electron chi connectivity index (χ4n) is 0.725. The summed E-state index contributed by atoms with van der Waals surface area (Å²) in [4.78, 5) is 0. The van der Waals surface area contributed by atoms with Gasteiger partial charge in [0.2, 0.25) is 0 Å². The fraction of sp³-hybridized carbons (Fsp3) is 0.462. The SMILES string of the molecule is CC.CCC.Cc1ccc(F)c(C#N)c1. The predicted molar refractivity (Wildman–Crippen MR) is 63.2 cm³/mol. The van der Waals surface area contributed by atoms with Crippen LogP contribution in [0.1, 0.15) is 45.2 Å². The van der Waals surface area contributed by atoms with Gasteiger partial charge in [-0.05, 0) is 24.6 Å². The zero-order valence-electron chi connectivity index (χ0n) is 10.3. The minimum absolute atomic E-state index is 0.111. The molecule has 0 spiro atoms. The number of hydrogen-bond acceptors (Lipinski definition) is 1. The molecule has 0 aliphatic rings. The topological polar surface area (TPSA) is 23.8 Å². The molecule has 2 heteroatoms. The summed E-state index contributed by atoms with van der Waals surface area (Å²) in [6.45, 7) is 10.1. The van der Waals surface area contributed by atoms with Crippen LogP contribution in [0.3, 0.4) is 0 Å². The van der Waals surface area contributed by atoms with Crippen molar-refractivity contribution in [1.29, 1.82) is 5.26 Å². The molecule has 0 unspecified atom stereocenters. The molecule has 84 valence electrons. The Balaban J connectivity index is 0. The molecule has 0 aliphatic heterocycles. The van der Waals surface area contributed by atoms with Crippen molar-refractivity contribution in [3.63, 3.8) is 0 Å². The summed E-state index contributed by atoms with van der Waals surface area (Å²) in [6, 6.07) is 6.22. The van der Waals surface area contributed by atoms with E-state index in [9.17, 15) is 4.39 Å². The van der Waals surface area contributed by atoms with Crippen LogP contribution in [-0.2, 0) is 0 Å². The molecule has 1 rings (SSSR count). The van der Waals surface area contributed by atoms with E-state index in [1.165, 1.54) is 18.6 Å². The molecule has 0 heterocycles. The van der Waals surface area contributed by atoms with Crippen molar-refractivity contribution >= 4 is 0 Å².